The molecule has 0 saturated carbocycles. The molecule has 0 amide bonds. The van der Waals surface area contributed by atoms with Gasteiger partial charge in [0.25, 0.3) is 0 Å². The van der Waals surface area contributed by atoms with Crippen LogP contribution in [0.25, 0.3) is 10.8 Å². The van der Waals surface area contributed by atoms with Gasteiger partial charge in [-0.05, 0) is 47.3 Å². The summed E-state index contributed by atoms with van der Waals surface area (Å²) in [6.07, 6.45) is 1.64. The quantitative estimate of drug-likeness (QED) is 0.571. The molecule has 4 nitrogen and oxygen atoms in total. The van der Waals surface area contributed by atoms with Crippen molar-refractivity contribution in [1.29, 1.82) is 0 Å². The fourth-order valence-electron chi connectivity index (χ4n) is 2.27. The van der Waals surface area contributed by atoms with E-state index in [1.165, 1.54) is 4.72 Å². The summed E-state index contributed by atoms with van der Waals surface area (Å²) in [6.45, 7) is 3.14. The van der Waals surface area contributed by atoms with Crippen LogP contribution in [0.5, 0.6) is 0 Å². The standard InChI is InChI=1S/C12H13B2Br2ClN2O2/c1-13(20)19(14(2)21)12-11-8(9(16)6-18-12)3-7(5-15)4-10(11)17/h3-4,6,20-21H,5H2,1-2H3. The highest BCUT2D eigenvalue weighted by Gasteiger charge is 2.28. The number of benzene rings is 1. The molecule has 21 heavy (non-hydrogen) atoms. The second-order valence-corrected chi connectivity index (χ2v) is 6.56. The van der Waals surface area contributed by atoms with Gasteiger partial charge < -0.3 is 14.8 Å². The van der Waals surface area contributed by atoms with Gasteiger partial charge in [0, 0.05) is 26.8 Å². The third-order valence-electron chi connectivity index (χ3n) is 3.14. The molecule has 110 valence electrons. The maximum absolute atomic E-state index is 9.92. The molecule has 0 saturated heterocycles. The van der Waals surface area contributed by atoms with Crippen LogP contribution >= 0.6 is 43.5 Å². The van der Waals surface area contributed by atoms with Crippen LogP contribution < -0.4 is 4.72 Å². The van der Waals surface area contributed by atoms with Crippen molar-refractivity contribution in [2.24, 2.45) is 0 Å². The van der Waals surface area contributed by atoms with E-state index >= 15 is 0 Å². The molecule has 1 aromatic carbocycles. The van der Waals surface area contributed by atoms with Crippen molar-refractivity contribution in [3.8, 4) is 0 Å². The number of hydrogen-bond donors (Lipinski definition) is 2. The number of aromatic nitrogens is 1. The van der Waals surface area contributed by atoms with Gasteiger partial charge in [-0.2, -0.15) is 0 Å². The predicted molar refractivity (Wildman–Crippen MR) is 97.2 cm³/mol. The molecule has 0 unspecified atom stereocenters. The van der Waals surface area contributed by atoms with Gasteiger partial charge in [0.05, 0.1) is 5.02 Å². The highest BCUT2D eigenvalue weighted by Crippen LogP contribution is 2.37. The number of halogens is 3. The second kappa shape index (κ2) is 6.87. The molecule has 0 radical (unpaired) electrons. The Morgan fingerprint density at radius 3 is 2.43 bits per heavy atom. The molecule has 0 bridgehead atoms. The van der Waals surface area contributed by atoms with E-state index in [9.17, 15) is 10.0 Å². The molecule has 9 heteroatoms. The summed E-state index contributed by atoms with van der Waals surface area (Å²) in [5.41, 5.74) is 1.03. The number of fused-ring (bicyclic) bond motifs is 1. The van der Waals surface area contributed by atoms with Gasteiger partial charge in [0.1, 0.15) is 5.82 Å². The maximum atomic E-state index is 9.92. The van der Waals surface area contributed by atoms with Crippen molar-refractivity contribution in [2.75, 3.05) is 4.72 Å². The van der Waals surface area contributed by atoms with Gasteiger partial charge in [-0.15, -0.1) is 0 Å². The number of anilines is 1. The number of pyridine rings is 1. The van der Waals surface area contributed by atoms with E-state index < -0.39 is 14.1 Å². The van der Waals surface area contributed by atoms with Crippen LogP contribution in [0.2, 0.25) is 18.7 Å². The minimum absolute atomic E-state index is 0.448. The zero-order valence-corrected chi connectivity index (χ0v) is 15.4. The van der Waals surface area contributed by atoms with Gasteiger partial charge in [0.15, 0.2) is 0 Å². The van der Waals surface area contributed by atoms with Crippen LogP contribution in [0.4, 0.5) is 5.82 Å². The summed E-state index contributed by atoms with van der Waals surface area (Å²) < 4.78 is 2.22. The number of rotatable bonds is 4. The van der Waals surface area contributed by atoms with Gasteiger partial charge >= 0.3 is 14.1 Å². The summed E-state index contributed by atoms with van der Waals surface area (Å²) in [6, 6.07) is 3.84. The van der Waals surface area contributed by atoms with Crippen LogP contribution in [0.1, 0.15) is 5.56 Å². The zero-order valence-electron chi connectivity index (χ0n) is 11.5. The molecule has 2 N–H and O–H groups in total. The van der Waals surface area contributed by atoms with E-state index in [-0.39, 0.29) is 0 Å². The molecular formula is C12H13B2Br2ClN2O2. The first-order chi connectivity index (χ1) is 9.86. The van der Waals surface area contributed by atoms with Crippen LogP contribution in [0.15, 0.2) is 22.8 Å². The van der Waals surface area contributed by atoms with E-state index in [0.29, 0.717) is 21.6 Å². The van der Waals surface area contributed by atoms with Gasteiger partial charge in [-0.25, -0.2) is 4.98 Å². The minimum atomic E-state index is -0.895. The molecule has 0 spiro atoms. The Bertz CT molecular complexity index is 665. The van der Waals surface area contributed by atoms with E-state index in [1.807, 2.05) is 12.1 Å². The lowest BCUT2D eigenvalue weighted by Gasteiger charge is -2.27. The topological polar surface area (TPSA) is 56.6 Å². The first kappa shape index (κ1) is 17.1. The summed E-state index contributed by atoms with van der Waals surface area (Å²) >= 11 is 13.3. The lowest BCUT2D eigenvalue weighted by atomic mass is 9.69. The molecule has 2 rings (SSSR count). The van der Waals surface area contributed by atoms with Gasteiger partial charge in [-0.3, -0.25) is 0 Å². The maximum Gasteiger partial charge on any atom is 0.399 e. The van der Waals surface area contributed by atoms with Crippen molar-refractivity contribution >= 4 is 74.2 Å². The van der Waals surface area contributed by atoms with E-state index in [4.69, 9.17) is 11.6 Å². The Kier molecular flexibility index (Phi) is 5.59. The second-order valence-electron chi connectivity index (χ2n) is 4.73. The Hall–Kier alpha value is -0.270. The molecular weight excluding hydrogens is 421 g/mol. The monoisotopic (exact) mass is 432 g/mol. The van der Waals surface area contributed by atoms with Gasteiger partial charge in [0.2, 0.25) is 0 Å². The summed E-state index contributed by atoms with van der Waals surface area (Å²) in [7, 11) is -1.79. The van der Waals surface area contributed by atoms with E-state index in [0.717, 1.165) is 15.4 Å². The Labute approximate surface area is 146 Å². The highest BCUT2D eigenvalue weighted by molar-refractivity contribution is 9.10. The average Bonchev–Trinajstić information content (AvgIpc) is 2.40. The van der Waals surface area contributed by atoms with E-state index in [1.54, 1.807) is 19.8 Å². The Morgan fingerprint density at radius 2 is 1.90 bits per heavy atom. The molecule has 2 aromatic rings. The SMILES string of the molecule is CB(O)N(B(C)O)c1ncc(Br)c2cc(CBr)cc(Cl)c12. The van der Waals surface area contributed by atoms with Crippen molar-refractivity contribution < 1.29 is 10.0 Å². The third-order valence-corrected chi connectivity index (χ3v) is 4.71. The molecule has 0 fully saturated rings. The van der Waals surface area contributed by atoms with Crippen LogP contribution in [-0.4, -0.2) is 29.1 Å². The molecule has 1 heterocycles. The molecule has 0 aliphatic carbocycles. The zero-order chi connectivity index (χ0) is 15.7. The predicted octanol–water partition coefficient (Wildman–Crippen LogP) is 3.57. The van der Waals surface area contributed by atoms with Crippen LogP contribution in [0, 0.1) is 0 Å². The van der Waals surface area contributed by atoms with E-state index in [2.05, 4.69) is 36.8 Å². The Balaban J connectivity index is 2.79. The lowest BCUT2D eigenvalue weighted by Crippen LogP contribution is -2.47. The largest absolute Gasteiger partial charge is 0.433 e. The van der Waals surface area contributed by atoms with Crippen molar-refractivity contribution in [1.82, 2.24) is 4.98 Å². The molecule has 1 aromatic heterocycles. The average molecular weight is 434 g/mol. The van der Waals surface area contributed by atoms with Crippen molar-refractivity contribution in [3.63, 3.8) is 0 Å². The number of hydrogen-bond acceptors (Lipinski definition) is 4. The summed E-state index contributed by atoms with van der Waals surface area (Å²) in [5.74, 6) is 0.448. The smallest absolute Gasteiger partial charge is 0.399 e. The summed E-state index contributed by atoms with van der Waals surface area (Å²) in [4.78, 5) is 4.33. The fraction of sp³-hybridized carbons (Fsp3) is 0.250. The molecule has 0 aliphatic heterocycles. The van der Waals surface area contributed by atoms with Gasteiger partial charge in [-0.1, -0.05) is 27.5 Å². The van der Waals surface area contributed by atoms with Crippen molar-refractivity contribution in [2.45, 2.75) is 19.0 Å². The molecule has 0 atom stereocenters. The normalized spacial score (nSPS) is 10.8. The van der Waals surface area contributed by atoms with Crippen LogP contribution in [0.3, 0.4) is 0 Å². The number of nitrogens with zero attached hydrogens (tertiary/aromatic N) is 2. The van der Waals surface area contributed by atoms with Crippen molar-refractivity contribution in [3.05, 3.63) is 33.4 Å². The summed E-state index contributed by atoms with van der Waals surface area (Å²) in [5, 5.41) is 22.6. The first-order valence-electron chi connectivity index (χ1n) is 6.34. The highest BCUT2D eigenvalue weighted by atomic mass is 79.9. The third kappa shape index (κ3) is 3.40. The lowest BCUT2D eigenvalue weighted by molar-refractivity contribution is 0.554. The Morgan fingerprint density at radius 1 is 1.29 bits per heavy atom. The fourth-order valence-corrected chi connectivity index (χ4v) is 3.33. The first-order valence-corrected chi connectivity index (χ1v) is 8.63. The van der Waals surface area contributed by atoms with Crippen LogP contribution in [-0.2, 0) is 5.33 Å². The minimum Gasteiger partial charge on any atom is -0.433 e. The molecule has 0 aliphatic rings. The number of alkyl halides is 1.